The number of nitrogens with zero attached hydrogens (tertiary/aromatic N) is 1. The van der Waals surface area contributed by atoms with Crippen LogP contribution in [0.2, 0.25) is 0 Å². The summed E-state index contributed by atoms with van der Waals surface area (Å²) in [7, 11) is 0. The molecule has 1 heterocycles. The van der Waals surface area contributed by atoms with E-state index in [1.54, 1.807) is 24.3 Å². The van der Waals surface area contributed by atoms with E-state index in [1.807, 2.05) is 13.8 Å². The molecule has 0 saturated heterocycles. The smallest absolute Gasteiger partial charge is 0.262 e. The average Bonchev–Trinajstić information content (AvgIpc) is 2.80. The molecule has 0 spiro atoms. The van der Waals surface area contributed by atoms with Crippen molar-refractivity contribution in [3.63, 3.8) is 0 Å². The molecule has 1 aliphatic heterocycles. The van der Waals surface area contributed by atoms with Crippen LogP contribution in [0.4, 0.5) is 0 Å². The molecule has 0 fully saturated rings. The lowest BCUT2D eigenvalue weighted by Gasteiger charge is -2.28. The number of nitrogens with one attached hydrogen (secondary N) is 2. The van der Waals surface area contributed by atoms with Crippen molar-refractivity contribution >= 4 is 30.1 Å². The van der Waals surface area contributed by atoms with Gasteiger partial charge in [0.05, 0.1) is 11.1 Å². The number of carbonyl (C=O) groups is 3. The zero-order valence-corrected chi connectivity index (χ0v) is 15.7. The van der Waals surface area contributed by atoms with Gasteiger partial charge < -0.3 is 10.6 Å². The largest absolute Gasteiger partial charge is 0.353 e. The van der Waals surface area contributed by atoms with E-state index in [4.69, 9.17) is 0 Å². The first kappa shape index (κ1) is 21.1. The van der Waals surface area contributed by atoms with Crippen LogP contribution in [0.15, 0.2) is 24.3 Å². The normalized spacial score (nSPS) is 14.3. The van der Waals surface area contributed by atoms with E-state index in [0.717, 1.165) is 17.9 Å². The number of rotatable bonds is 8. The van der Waals surface area contributed by atoms with Crippen molar-refractivity contribution < 1.29 is 14.4 Å². The zero-order chi connectivity index (χ0) is 17.7. The van der Waals surface area contributed by atoms with E-state index in [-0.39, 0.29) is 24.2 Å². The van der Waals surface area contributed by atoms with E-state index in [2.05, 4.69) is 17.6 Å². The van der Waals surface area contributed by atoms with Crippen LogP contribution in [-0.2, 0) is 4.79 Å². The minimum absolute atomic E-state index is 0. The van der Waals surface area contributed by atoms with Gasteiger partial charge in [-0.1, -0.05) is 32.9 Å². The Morgan fingerprint density at radius 1 is 1.04 bits per heavy atom. The molecule has 2 N–H and O–H groups in total. The number of benzene rings is 1. The van der Waals surface area contributed by atoms with E-state index in [9.17, 15) is 14.4 Å². The topological polar surface area (TPSA) is 78.5 Å². The summed E-state index contributed by atoms with van der Waals surface area (Å²) in [6, 6.07) is 5.89. The van der Waals surface area contributed by atoms with Gasteiger partial charge in [-0.25, -0.2) is 0 Å². The van der Waals surface area contributed by atoms with Gasteiger partial charge in [0, 0.05) is 13.1 Å². The van der Waals surface area contributed by atoms with E-state index < -0.39 is 17.9 Å². The van der Waals surface area contributed by atoms with Gasteiger partial charge in [0.15, 0.2) is 0 Å². The fraction of sp³-hybridized carbons (Fsp3) is 0.500. The fourth-order valence-electron chi connectivity index (χ4n) is 2.86. The minimum Gasteiger partial charge on any atom is -0.353 e. The molecule has 1 aromatic carbocycles. The highest BCUT2D eigenvalue weighted by Crippen LogP contribution is 2.27. The Balaban J connectivity index is 0.00000312. The van der Waals surface area contributed by atoms with Crippen molar-refractivity contribution in [3.8, 4) is 0 Å². The summed E-state index contributed by atoms with van der Waals surface area (Å²) in [6.45, 7) is 7.76. The predicted octanol–water partition coefficient (Wildman–Crippen LogP) is 1.84. The maximum atomic E-state index is 12.6. The standard InChI is InChI=1S/C18H25N3O3.ClH/c1-4-9-19-10-11-20-16(22)15(12(2)3)21-17(23)13-7-5-6-8-14(13)18(21)24;/h5-8,12,15,19H,4,9-11H2,1-3H3,(H,20,22);1H. The highest BCUT2D eigenvalue weighted by Gasteiger charge is 2.43. The molecule has 0 aromatic heterocycles. The Morgan fingerprint density at radius 3 is 2.08 bits per heavy atom. The molecule has 0 saturated carbocycles. The second-order valence-electron chi connectivity index (χ2n) is 6.26. The van der Waals surface area contributed by atoms with Gasteiger partial charge in [-0.15, -0.1) is 12.4 Å². The number of hydrogen-bond acceptors (Lipinski definition) is 4. The Morgan fingerprint density at radius 2 is 1.60 bits per heavy atom. The van der Waals surface area contributed by atoms with Crippen LogP contribution < -0.4 is 10.6 Å². The van der Waals surface area contributed by atoms with Gasteiger partial charge in [-0.3, -0.25) is 19.3 Å². The molecule has 138 valence electrons. The summed E-state index contributed by atoms with van der Waals surface area (Å²) in [5, 5.41) is 6.02. The zero-order valence-electron chi connectivity index (χ0n) is 14.9. The van der Waals surface area contributed by atoms with Crippen molar-refractivity contribution in [1.82, 2.24) is 15.5 Å². The second-order valence-corrected chi connectivity index (χ2v) is 6.26. The summed E-state index contributed by atoms with van der Waals surface area (Å²) >= 11 is 0. The van der Waals surface area contributed by atoms with Crippen molar-refractivity contribution in [2.24, 2.45) is 5.92 Å². The number of amides is 3. The third kappa shape index (κ3) is 4.58. The molecular weight excluding hydrogens is 342 g/mol. The molecule has 0 aliphatic carbocycles. The Kier molecular flexibility index (Phi) is 8.06. The SMILES string of the molecule is CCCNCCNC(=O)C(C(C)C)N1C(=O)c2ccccc2C1=O.Cl. The van der Waals surface area contributed by atoms with Crippen molar-refractivity contribution in [2.45, 2.75) is 33.2 Å². The van der Waals surface area contributed by atoms with Gasteiger partial charge in [-0.2, -0.15) is 0 Å². The molecule has 1 atom stereocenters. The number of carbonyl (C=O) groups excluding carboxylic acids is 3. The van der Waals surface area contributed by atoms with Crippen LogP contribution >= 0.6 is 12.4 Å². The maximum Gasteiger partial charge on any atom is 0.262 e. The molecule has 1 aromatic rings. The lowest BCUT2D eigenvalue weighted by molar-refractivity contribution is -0.126. The fourth-order valence-corrected chi connectivity index (χ4v) is 2.86. The first-order valence-electron chi connectivity index (χ1n) is 8.44. The van der Waals surface area contributed by atoms with Gasteiger partial charge in [0.25, 0.3) is 11.8 Å². The second kappa shape index (κ2) is 9.53. The monoisotopic (exact) mass is 367 g/mol. The highest BCUT2D eigenvalue weighted by atomic mass is 35.5. The van der Waals surface area contributed by atoms with Crippen molar-refractivity contribution in [3.05, 3.63) is 35.4 Å². The molecule has 0 radical (unpaired) electrons. The minimum atomic E-state index is -0.802. The van der Waals surface area contributed by atoms with Gasteiger partial charge in [-0.05, 0) is 31.0 Å². The molecule has 2 rings (SSSR count). The van der Waals surface area contributed by atoms with Crippen LogP contribution in [0.1, 0.15) is 47.9 Å². The first-order valence-corrected chi connectivity index (χ1v) is 8.44. The van der Waals surface area contributed by atoms with Crippen LogP contribution in [0.3, 0.4) is 0 Å². The molecule has 1 unspecified atom stereocenters. The van der Waals surface area contributed by atoms with Crippen LogP contribution in [0.25, 0.3) is 0 Å². The molecular formula is C18H26ClN3O3. The summed E-state index contributed by atoms with van der Waals surface area (Å²) in [5.74, 6) is -1.25. The molecule has 25 heavy (non-hydrogen) atoms. The number of imide groups is 1. The lowest BCUT2D eigenvalue weighted by atomic mass is 10.0. The third-order valence-electron chi connectivity index (χ3n) is 4.03. The van der Waals surface area contributed by atoms with E-state index >= 15 is 0 Å². The van der Waals surface area contributed by atoms with Crippen molar-refractivity contribution in [2.75, 3.05) is 19.6 Å². The molecule has 0 bridgehead atoms. The van der Waals surface area contributed by atoms with Gasteiger partial charge in [0.1, 0.15) is 6.04 Å². The molecule has 6 nitrogen and oxygen atoms in total. The summed E-state index contributed by atoms with van der Waals surface area (Å²) in [6.07, 6.45) is 1.03. The van der Waals surface area contributed by atoms with Crippen LogP contribution in [0.5, 0.6) is 0 Å². The molecule has 3 amide bonds. The number of fused-ring (bicyclic) bond motifs is 1. The Hall–Kier alpha value is -1.92. The Labute approximate surface area is 154 Å². The first-order chi connectivity index (χ1) is 11.5. The van der Waals surface area contributed by atoms with Gasteiger partial charge in [0.2, 0.25) is 5.91 Å². The average molecular weight is 368 g/mol. The molecule has 7 heteroatoms. The summed E-state index contributed by atoms with van der Waals surface area (Å²) in [4.78, 5) is 38.8. The van der Waals surface area contributed by atoms with Crippen LogP contribution in [0, 0.1) is 5.92 Å². The maximum absolute atomic E-state index is 12.6. The van der Waals surface area contributed by atoms with E-state index in [1.165, 1.54) is 0 Å². The van der Waals surface area contributed by atoms with E-state index in [0.29, 0.717) is 24.2 Å². The summed E-state index contributed by atoms with van der Waals surface area (Å²) < 4.78 is 0. The predicted molar refractivity (Wildman–Crippen MR) is 99.0 cm³/mol. The van der Waals surface area contributed by atoms with Crippen molar-refractivity contribution in [1.29, 1.82) is 0 Å². The summed E-state index contributed by atoms with van der Waals surface area (Å²) in [5.41, 5.74) is 0.733. The third-order valence-corrected chi connectivity index (χ3v) is 4.03. The number of halogens is 1. The highest BCUT2D eigenvalue weighted by molar-refractivity contribution is 6.22. The molecule has 1 aliphatic rings. The van der Waals surface area contributed by atoms with Gasteiger partial charge >= 0.3 is 0 Å². The number of hydrogen-bond donors (Lipinski definition) is 2. The Bertz CT molecular complexity index is 599. The van der Waals surface area contributed by atoms with Crippen LogP contribution in [-0.4, -0.2) is 48.3 Å². The quantitative estimate of drug-likeness (QED) is 0.543. The lowest BCUT2D eigenvalue weighted by Crippen LogP contribution is -2.53.